The van der Waals surface area contributed by atoms with E-state index >= 15 is 0 Å². The number of halogens is 4. The Bertz CT molecular complexity index is 512. The second-order valence-electron chi connectivity index (χ2n) is 3.12. The zero-order valence-corrected chi connectivity index (χ0v) is 9.88. The van der Waals surface area contributed by atoms with E-state index in [0.29, 0.717) is 0 Å². The monoisotopic (exact) mass is 306 g/mol. The maximum atomic E-state index is 13.2. The fraction of sp³-hybridized carbons (Fsp3) is 0.0909. The molecular weight excluding hydrogens is 301 g/mol. The molecule has 1 aromatic carbocycles. The normalized spacial score (nSPS) is 10.9. The molecular formula is C11H6BrF3O2. The van der Waals surface area contributed by atoms with Crippen LogP contribution in [-0.2, 0) is 0 Å². The molecule has 1 aromatic heterocycles. The number of hydrogen-bond acceptors (Lipinski definition) is 2. The molecule has 0 unspecified atom stereocenters. The fourth-order valence-corrected chi connectivity index (χ4v) is 1.91. The van der Waals surface area contributed by atoms with E-state index in [1.807, 2.05) is 0 Å². The van der Waals surface area contributed by atoms with Crippen LogP contribution in [0, 0.1) is 5.82 Å². The highest BCUT2D eigenvalue weighted by atomic mass is 79.9. The van der Waals surface area contributed by atoms with Crippen molar-refractivity contribution >= 4 is 15.9 Å². The lowest BCUT2D eigenvalue weighted by Crippen LogP contribution is -2.04. The van der Waals surface area contributed by atoms with Crippen LogP contribution in [-0.4, -0.2) is 6.61 Å². The molecule has 90 valence electrons. The van der Waals surface area contributed by atoms with Crippen molar-refractivity contribution in [1.82, 2.24) is 0 Å². The summed E-state index contributed by atoms with van der Waals surface area (Å²) in [5.41, 5.74) is 0.127. The summed E-state index contributed by atoms with van der Waals surface area (Å²) in [4.78, 5) is 0. The topological polar surface area (TPSA) is 22.4 Å². The molecule has 0 bridgehead atoms. The van der Waals surface area contributed by atoms with Crippen molar-refractivity contribution in [3.63, 3.8) is 0 Å². The van der Waals surface area contributed by atoms with Crippen LogP contribution in [0.3, 0.4) is 0 Å². The summed E-state index contributed by atoms with van der Waals surface area (Å²) in [5.74, 6) is -0.484. The number of hydrogen-bond donors (Lipinski definition) is 0. The first-order chi connectivity index (χ1) is 8.08. The Hall–Kier alpha value is -1.43. The standard InChI is InChI=1S/C11H6BrF3O2/c12-8-5-6(13)4-7(9-2-1-3-16-9)10(8)17-11(14)15/h1-5,11H. The van der Waals surface area contributed by atoms with Gasteiger partial charge in [-0.15, -0.1) is 0 Å². The quantitative estimate of drug-likeness (QED) is 0.836. The van der Waals surface area contributed by atoms with E-state index in [4.69, 9.17) is 4.42 Å². The van der Waals surface area contributed by atoms with Gasteiger partial charge in [0.05, 0.1) is 16.3 Å². The van der Waals surface area contributed by atoms with Gasteiger partial charge in [-0.2, -0.15) is 8.78 Å². The van der Waals surface area contributed by atoms with Crippen LogP contribution in [0.2, 0.25) is 0 Å². The molecule has 0 aliphatic heterocycles. The largest absolute Gasteiger partial charge is 0.464 e. The average Bonchev–Trinajstić information content (AvgIpc) is 2.74. The van der Waals surface area contributed by atoms with Gasteiger partial charge in [0.2, 0.25) is 0 Å². The molecule has 2 nitrogen and oxygen atoms in total. The Morgan fingerprint density at radius 2 is 2.06 bits per heavy atom. The van der Waals surface area contributed by atoms with Gasteiger partial charge < -0.3 is 9.15 Å². The zero-order chi connectivity index (χ0) is 12.4. The summed E-state index contributed by atoms with van der Waals surface area (Å²) in [6, 6.07) is 5.21. The van der Waals surface area contributed by atoms with Crippen molar-refractivity contribution in [1.29, 1.82) is 0 Å². The van der Waals surface area contributed by atoms with E-state index in [2.05, 4.69) is 20.7 Å². The van der Waals surface area contributed by atoms with Gasteiger partial charge >= 0.3 is 6.61 Å². The van der Waals surface area contributed by atoms with Gasteiger partial charge in [-0.05, 0) is 40.2 Å². The van der Waals surface area contributed by atoms with E-state index in [0.717, 1.165) is 12.1 Å². The molecule has 17 heavy (non-hydrogen) atoms. The summed E-state index contributed by atoms with van der Waals surface area (Å²) in [5, 5.41) is 0. The van der Waals surface area contributed by atoms with Gasteiger partial charge in [0.15, 0.2) is 5.75 Å². The van der Waals surface area contributed by atoms with Crippen molar-refractivity contribution in [2.24, 2.45) is 0 Å². The van der Waals surface area contributed by atoms with Crippen LogP contribution in [0.25, 0.3) is 11.3 Å². The molecule has 0 fully saturated rings. The zero-order valence-electron chi connectivity index (χ0n) is 8.29. The van der Waals surface area contributed by atoms with Crippen molar-refractivity contribution in [2.45, 2.75) is 6.61 Å². The second-order valence-corrected chi connectivity index (χ2v) is 3.97. The van der Waals surface area contributed by atoms with Gasteiger partial charge in [0.25, 0.3) is 0 Å². The highest BCUT2D eigenvalue weighted by Gasteiger charge is 2.18. The fourth-order valence-electron chi connectivity index (χ4n) is 1.38. The SMILES string of the molecule is Fc1cc(Br)c(OC(F)F)c(-c2ccco2)c1. The lowest BCUT2D eigenvalue weighted by molar-refractivity contribution is -0.0500. The molecule has 0 saturated carbocycles. The maximum absolute atomic E-state index is 13.2. The molecule has 0 radical (unpaired) electrons. The Balaban J connectivity index is 2.55. The van der Waals surface area contributed by atoms with E-state index in [1.165, 1.54) is 12.3 Å². The Morgan fingerprint density at radius 1 is 1.29 bits per heavy atom. The highest BCUT2D eigenvalue weighted by molar-refractivity contribution is 9.10. The minimum Gasteiger partial charge on any atom is -0.464 e. The first-order valence-electron chi connectivity index (χ1n) is 4.55. The van der Waals surface area contributed by atoms with Crippen LogP contribution in [0.15, 0.2) is 39.4 Å². The molecule has 0 amide bonds. The average molecular weight is 307 g/mol. The molecule has 0 spiro atoms. The van der Waals surface area contributed by atoms with Crippen LogP contribution in [0.5, 0.6) is 5.75 Å². The number of alkyl halides is 2. The summed E-state index contributed by atoms with van der Waals surface area (Å²) >= 11 is 2.97. The molecule has 0 aliphatic rings. The van der Waals surface area contributed by atoms with Gasteiger partial charge in [-0.3, -0.25) is 0 Å². The Morgan fingerprint density at radius 3 is 2.65 bits per heavy atom. The third-order valence-electron chi connectivity index (χ3n) is 2.00. The third-order valence-corrected chi connectivity index (χ3v) is 2.59. The molecule has 1 heterocycles. The number of furan rings is 1. The molecule has 6 heteroatoms. The predicted molar refractivity (Wildman–Crippen MR) is 58.4 cm³/mol. The minimum atomic E-state index is -2.99. The molecule has 0 saturated heterocycles. The van der Waals surface area contributed by atoms with Crippen molar-refractivity contribution in [3.8, 4) is 17.1 Å². The Labute approximate surface area is 103 Å². The van der Waals surface area contributed by atoms with E-state index < -0.39 is 12.4 Å². The van der Waals surface area contributed by atoms with E-state index in [1.54, 1.807) is 6.07 Å². The Kier molecular flexibility index (Phi) is 3.42. The lowest BCUT2D eigenvalue weighted by atomic mass is 10.1. The van der Waals surface area contributed by atoms with Gasteiger partial charge in [-0.25, -0.2) is 4.39 Å². The highest BCUT2D eigenvalue weighted by Crippen LogP contribution is 2.38. The van der Waals surface area contributed by atoms with Gasteiger partial charge in [-0.1, -0.05) is 0 Å². The van der Waals surface area contributed by atoms with Crippen LogP contribution >= 0.6 is 15.9 Å². The van der Waals surface area contributed by atoms with Crippen molar-refractivity contribution in [2.75, 3.05) is 0 Å². The van der Waals surface area contributed by atoms with E-state index in [9.17, 15) is 13.2 Å². The predicted octanol–water partition coefficient (Wildman–Crippen LogP) is 4.45. The van der Waals surface area contributed by atoms with Crippen LogP contribution in [0.4, 0.5) is 13.2 Å². The summed E-state index contributed by atoms with van der Waals surface area (Å²) in [7, 11) is 0. The first-order valence-corrected chi connectivity index (χ1v) is 5.35. The summed E-state index contributed by atoms with van der Waals surface area (Å²) in [6.45, 7) is -2.99. The third kappa shape index (κ3) is 2.63. The first kappa shape index (κ1) is 12.0. The number of rotatable bonds is 3. The molecule has 0 aliphatic carbocycles. The number of ether oxygens (including phenoxy) is 1. The smallest absolute Gasteiger partial charge is 0.387 e. The molecule has 2 aromatic rings. The van der Waals surface area contributed by atoms with Gasteiger partial charge in [0.1, 0.15) is 11.6 Å². The molecule has 2 rings (SSSR count). The second kappa shape index (κ2) is 4.83. The van der Waals surface area contributed by atoms with Crippen molar-refractivity contribution in [3.05, 3.63) is 40.8 Å². The maximum Gasteiger partial charge on any atom is 0.387 e. The minimum absolute atomic E-state index is 0.101. The number of benzene rings is 1. The summed E-state index contributed by atoms with van der Waals surface area (Å²) < 4.78 is 47.2. The molecule has 0 N–H and O–H groups in total. The van der Waals surface area contributed by atoms with E-state index in [-0.39, 0.29) is 21.5 Å². The van der Waals surface area contributed by atoms with Crippen molar-refractivity contribution < 1.29 is 22.3 Å². The van der Waals surface area contributed by atoms with Crippen LogP contribution < -0.4 is 4.74 Å². The lowest BCUT2D eigenvalue weighted by Gasteiger charge is -2.11. The molecule has 0 atom stereocenters. The van der Waals surface area contributed by atoms with Gasteiger partial charge in [0, 0.05) is 0 Å². The van der Waals surface area contributed by atoms with Crippen LogP contribution in [0.1, 0.15) is 0 Å². The summed E-state index contributed by atoms with van der Waals surface area (Å²) in [6.07, 6.45) is 1.36.